The Hall–Kier alpha value is -1.82. The van der Waals surface area contributed by atoms with Crippen LogP contribution in [0.25, 0.3) is 0 Å². The SMILES string of the molecule is O=C(Nc1cc(Cl)cc(Cl)c1)N1CCN(Cc2ccncc2)CC1. The third-order valence-corrected chi connectivity index (χ3v) is 4.37. The monoisotopic (exact) mass is 364 g/mol. The second kappa shape index (κ2) is 7.83. The van der Waals surface area contributed by atoms with E-state index in [1.165, 1.54) is 5.56 Å². The van der Waals surface area contributed by atoms with Crippen LogP contribution < -0.4 is 5.32 Å². The lowest BCUT2D eigenvalue weighted by atomic mass is 10.2. The van der Waals surface area contributed by atoms with Gasteiger partial charge in [-0.3, -0.25) is 9.88 Å². The Bertz CT molecular complexity index is 683. The van der Waals surface area contributed by atoms with Crippen LogP contribution in [0.1, 0.15) is 5.56 Å². The maximum atomic E-state index is 12.4. The number of rotatable bonds is 3. The molecule has 5 nitrogen and oxygen atoms in total. The average Bonchev–Trinajstić information content (AvgIpc) is 2.55. The lowest BCUT2D eigenvalue weighted by molar-refractivity contribution is 0.143. The van der Waals surface area contributed by atoms with Crippen LogP contribution in [0, 0.1) is 0 Å². The van der Waals surface area contributed by atoms with E-state index in [0.29, 0.717) is 28.8 Å². The molecule has 2 aromatic rings. The molecule has 1 fully saturated rings. The molecule has 0 bridgehead atoms. The summed E-state index contributed by atoms with van der Waals surface area (Å²) >= 11 is 11.9. The molecule has 0 unspecified atom stereocenters. The fourth-order valence-electron chi connectivity index (χ4n) is 2.68. The van der Waals surface area contributed by atoms with Crippen molar-refractivity contribution in [2.45, 2.75) is 6.54 Å². The van der Waals surface area contributed by atoms with Crippen molar-refractivity contribution in [3.63, 3.8) is 0 Å². The third-order valence-electron chi connectivity index (χ3n) is 3.93. The molecule has 0 aliphatic carbocycles. The number of urea groups is 1. The van der Waals surface area contributed by atoms with Gasteiger partial charge in [0.2, 0.25) is 0 Å². The number of nitrogens with zero attached hydrogens (tertiary/aromatic N) is 3. The number of pyridine rings is 1. The lowest BCUT2D eigenvalue weighted by Gasteiger charge is -2.34. The van der Waals surface area contributed by atoms with E-state index in [-0.39, 0.29) is 6.03 Å². The minimum Gasteiger partial charge on any atom is -0.322 e. The molecule has 0 atom stereocenters. The van der Waals surface area contributed by atoms with Crippen molar-refractivity contribution in [2.75, 3.05) is 31.5 Å². The molecule has 1 aliphatic rings. The summed E-state index contributed by atoms with van der Waals surface area (Å²) in [7, 11) is 0. The maximum absolute atomic E-state index is 12.4. The number of nitrogens with one attached hydrogen (secondary N) is 1. The number of aromatic nitrogens is 1. The standard InChI is InChI=1S/C17H18Cl2N4O/c18-14-9-15(19)11-16(10-14)21-17(24)23-7-5-22(6-8-23)12-13-1-3-20-4-2-13/h1-4,9-11H,5-8,12H2,(H,21,24). The van der Waals surface area contributed by atoms with Gasteiger partial charge in [0.25, 0.3) is 0 Å². The fraction of sp³-hybridized carbons (Fsp3) is 0.294. The first kappa shape index (κ1) is 17.0. The Labute approximate surface area is 151 Å². The second-order valence-electron chi connectivity index (χ2n) is 5.71. The van der Waals surface area contributed by atoms with Crippen molar-refractivity contribution >= 4 is 34.9 Å². The van der Waals surface area contributed by atoms with E-state index < -0.39 is 0 Å². The van der Waals surface area contributed by atoms with E-state index in [1.807, 2.05) is 12.1 Å². The van der Waals surface area contributed by atoms with Crippen molar-refractivity contribution in [1.82, 2.24) is 14.8 Å². The van der Waals surface area contributed by atoms with Gasteiger partial charge in [0.05, 0.1) is 0 Å². The Morgan fingerprint density at radius 1 is 1.04 bits per heavy atom. The van der Waals surface area contributed by atoms with Gasteiger partial charge in [-0.2, -0.15) is 0 Å². The molecule has 0 spiro atoms. The first-order valence-electron chi connectivity index (χ1n) is 7.73. The predicted molar refractivity (Wildman–Crippen MR) is 96.6 cm³/mol. The molecule has 24 heavy (non-hydrogen) atoms. The summed E-state index contributed by atoms with van der Waals surface area (Å²) in [6.45, 7) is 3.93. The summed E-state index contributed by atoms with van der Waals surface area (Å²) < 4.78 is 0. The van der Waals surface area contributed by atoms with Gasteiger partial charge in [0.15, 0.2) is 0 Å². The van der Waals surface area contributed by atoms with E-state index in [2.05, 4.69) is 15.2 Å². The van der Waals surface area contributed by atoms with Gasteiger partial charge >= 0.3 is 6.03 Å². The third kappa shape index (κ3) is 4.60. The molecule has 1 aliphatic heterocycles. The average molecular weight is 365 g/mol. The number of halogens is 2. The van der Waals surface area contributed by atoms with Crippen LogP contribution in [0.5, 0.6) is 0 Å². The highest BCUT2D eigenvalue weighted by molar-refractivity contribution is 6.35. The number of carbonyl (C=O) groups is 1. The van der Waals surface area contributed by atoms with E-state index in [9.17, 15) is 4.79 Å². The molecule has 2 amide bonds. The van der Waals surface area contributed by atoms with Crippen molar-refractivity contribution in [1.29, 1.82) is 0 Å². The number of amides is 2. The van der Waals surface area contributed by atoms with Crippen LogP contribution in [0.3, 0.4) is 0 Å². The normalized spacial score (nSPS) is 15.3. The van der Waals surface area contributed by atoms with Gasteiger partial charge < -0.3 is 10.2 Å². The molecular formula is C17H18Cl2N4O. The number of piperazine rings is 1. The highest BCUT2D eigenvalue weighted by Crippen LogP contribution is 2.22. The topological polar surface area (TPSA) is 48.5 Å². The molecule has 1 aromatic heterocycles. The van der Waals surface area contributed by atoms with Crippen molar-refractivity contribution in [3.8, 4) is 0 Å². The molecule has 3 rings (SSSR count). The molecule has 1 N–H and O–H groups in total. The maximum Gasteiger partial charge on any atom is 0.321 e. The minimum atomic E-state index is -0.128. The smallest absolute Gasteiger partial charge is 0.321 e. The number of carbonyl (C=O) groups excluding carboxylic acids is 1. The van der Waals surface area contributed by atoms with Crippen molar-refractivity contribution in [3.05, 3.63) is 58.3 Å². The zero-order chi connectivity index (χ0) is 16.9. The van der Waals surface area contributed by atoms with Crippen LogP contribution in [-0.4, -0.2) is 47.0 Å². The Kier molecular flexibility index (Phi) is 5.56. The number of hydrogen-bond donors (Lipinski definition) is 1. The van der Waals surface area contributed by atoms with Crippen LogP contribution in [0.15, 0.2) is 42.7 Å². The Morgan fingerprint density at radius 3 is 2.29 bits per heavy atom. The summed E-state index contributed by atoms with van der Waals surface area (Å²) in [5.74, 6) is 0. The summed E-state index contributed by atoms with van der Waals surface area (Å²) in [4.78, 5) is 20.5. The van der Waals surface area contributed by atoms with Gasteiger partial charge in [0.1, 0.15) is 0 Å². The van der Waals surface area contributed by atoms with E-state index >= 15 is 0 Å². The van der Waals surface area contributed by atoms with Crippen LogP contribution in [-0.2, 0) is 6.54 Å². The zero-order valence-electron chi connectivity index (χ0n) is 13.1. The van der Waals surface area contributed by atoms with Crippen LogP contribution >= 0.6 is 23.2 Å². The minimum absolute atomic E-state index is 0.128. The predicted octanol–water partition coefficient (Wildman–Crippen LogP) is 3.74. The Morgan fingerprint density at radius 2 is 1.67 bits per heavy atom. The summed E-state index contributed by atoms with van der Waals surface area (Å²) in [5.41, 5.74) is 1.84. The van der Waals surface area contributed by atoms with Crippen molar-refractivity contribution < 1.29 is 4.79 Å². The molecule has 1 aromatic carbocycles. The highest BCUT2D eigenvalue weighted by Gasteiger charge is 2.21. The second-order valence-corrected chi connectivity index (χ2v) is 6.58. The lowest BCUT2D eigenvalue weighted by Crippen LogP contribution is -2.49. The summed E-state index contributed by atoms with van der Waals surface area (Å²) in [6.07, 6.45) is 3.60. The largest absolute Gasteiger partial charge is 0.322 e. The molecule has 7 heteroatoms. The van der Waals surface area contributed by atoms with Gasteiger partial charge in [-0.05, 0) is 35.9 Å². The Balaban J connectivity index is 1.51. The quantitative estimate of drug-likeness (QED) is 0.902. The highest BCUT2D eigenvalue weighted by atomic mass is 35.5. The number of anilines is 1. The van der Waals surface area contributed by atoms with E-state index in [4.69, 9.17) is 23.2 Å². The first-order chi connectivity index (χ1) is 11.6. The molecule has 0 saturated carbocycles. The van der Waals surface area contributed by atoms with E-state index in [1.54, 1.807) is 35.5 Å². The first-order valence-corrected chi connectivity index (χ1v) is 8.49. The molecular weight excluding hydrogens is 347 g/mol. The molecule has 0 radical (unpaired) electrons. The van der Waals surface area contributed by atoms with Crippen LogP contribution in [0.2, 0.25) is 10.0 Å². The summed E-state index contributed by atoms with van der Waals surface area (Å²) in [6, 6.07) is 8.91. The number of benzene rings is 1. The number of hydrogen-bond acceptors (Lipinski definition) is 3. The van der Waals surface area contributed by atoms with Gasteiger partial charge in [-0.25, -0.2) is 4.79 Å². The van der Waals surface area contributed by atoms with Gasteiger partial charge in [-0.1, -0.05) is 23.2 Å². The summed E-state index contributed by atoms with van der Waals surface area (Å²) in [5, 5.41) is 3.85. The molecule has 2 heterocycles. The van der Waals surface area contributed by atoms with Gasteiger partial charge in [0, 0.05) is 60.9 Å². The van der Waals surface area contributed by atoms with Crippen molar-refractivity contribution in [2.24, 2.45) is 0 Å². The fourth-order valence-corrected chi connectivity index (χ4v) is 3.21. The zero-order valence-corrected chi connectivity index (χ0v) is 14.6. The van der Waals surface area contributed by atoms with E-state index in [0.717, 1.165) is 19.6 Å². The van der Waals surface area contributed by atoms with Gasteiger partial charge in [-0.15, -0.1) is 0 Å². The van der Waals surface area contributed by atoms with Crippen LogP contribution in [0.4, 0.5) is 10.5 Å². The molecule has 126 valence electrons. The molecule has 1 saturated heterocycles.